The van der Waals surface area contributed by atoms with E-state index in [1.165, 1.54) is 13.3 Å². The molecule has 0 aromatic heterocycles. The third-order valence-electron chi connectivity index (χ3n) is 4.53. The molecule has 0 aliphatic rings. The van der Waals surface area contributed by atoms with Crippen molar-refractivity contribution in [1.82, 2.24) is 5.43 Å². The molecule has 0 saturated carbocycles. The van der Waals surface area contributed by atoms with E-state index in [-0.39, 0.29) is 12.5 Å². The van der Waals surface area contributed by atoms with E-state index in [0.717, 1.165) is 11.1 Å². The van der Waals surface area contributed by atoms with Crippen molar-refractivity contribution in [3.05, 3.63) is 92.4 Å². The molecule has 3 rings (SSSR count). The fraction of sp³-hybridized carbons (Fsp3) is 0.167. The van der Waals surface area contributed by atoms with Crippen molar-refractivity contribution in [3.63, 3.8) is 0 Å². The Balaban J connectivity index is 1.60. The molecule has 0 bridgehead atoms. The van der Waals surface area contributed by atoms with E-state index in [2.05, 4.69) is 10.5 Å². The van der Waals surface area contributed by atoms with E-state index >= 15 is 0 Å². The zero-order chi connectivity index (χ0) is 22.9. The lowest BCUT2D eigenvalue weighted by Gasteiger charge is -2.14. The lowest BCUT2D eigenvalue weighted by Crippen LogP contribution is -2.17. The van der Waals surface area contributed by atoms with Crippen molar-refractivity contribution in [2.75, 3.05) is 7.11 Å². The number of benzene rings is 3. The number of nitrogens with one attached hydrogen (secondary N) is 1. The number of carbonyl (C=O) groups excluding carboxylic acids is 1. The maximum Gasteiger partial charge on any atom is 0.240 e. The van der Waals surface area contributed by atoms with Crippen LogP contribution in [0.15, 0.2) is 65.8 Å². The number of nitrogens with zero attached hydrogens (tertiary/aromatic N) is 1. The summed E-state index contributed by atoms with van der Waals surface area (Å²) in [5.74, 6) is 0.631. The predicted octanol–water partition coefficient (Wildman–Crippen LogP) is 6.32. The summed E-state index contributed by atoms with van der Waals surface area (Å²) in [5, 5.41) is 5.39. The number of hydrogen-bond acceptors (Lipinski definition) is 4. The second kappa shape index (κ2) is 11.8. The number of halogens is 3. The summed E-state index contributed by atoms with van der Waals surface area (Å²) in [6.45, 7) is 0.191. The molecule has 5 nitrogen and oxygen atoms in total. The van der Waals surface area contributed by atoms with Crippen LogP contribution in [-0.2, 0) is 17.8 Å². The summed E-state index contributed by atoms with van der Waals surface area (Å²) >= 11 is 18.5. The Hall–Kier alpha value is -2.73. The first kappa shape index (κ1) is 23.9. The van der Waals surface area contributed by atoms with E-state index < -0.39 is 0 Å². The van der Waals surface area contributed by atoms with Gasteiger partial charge in [-0.05, 0) is 41.8 Å². The molecule has 0 spiro atoms. The van der Waals surface area contributed by atoms with Crippen LogP contribution in [0.4, 0.5) is 0 Å². The van der Waals surface area contributed by atoms with Crippen LogP contribution in [-0.4, -0.2) is 19.2 Å². The van der Waals surface area contributed by atoms with Gasteiger partial charge in [0.25, 0.3) is 0 Å². The number of methoxy groups -OCH3 is 1. The van der Waals surface area contributed by atoms with Gasteiger partial charge in [0.05, 0.1) is 18.3 Å². The maximum atomic E-state index is 12.0. The molecule has 1 amide bonds. The smallest absolute Gasteiger partial charge is 0.240 e. The van der Waals surface area contributed by atoms with Crippen LogP contribution in [0, 0.1) is 0 Å². The Morgan fingerprint density at radius 1 is 1.03 bits per heavy atom. The Morgan fingerprint density at radius 2 is 1.81 bits per heavy atom. The molecule has 8 heteroatoms. The van der Waals surface area contributed by atoms with Gasteiger partial charge in [0.1, 0.15) is 6.61 Å². The van der Waals surface area contributed by atoms with Crippen molar-refractivity contribution >= 4 is 46.9 Å². The fourth-order valence-corrected chi connectivity index (χ4v) is 3.62. The van der Waals surface area contributed by atoms with Crippen molar-refractivity contribution in [1.29, 1.82) is 0 Å². The van der Waals surface area contributed by atoms with E-state index in [9.17, 15) is 4.79 Å². The zero-order valence-corrected chi connectivity index (χ0v) is 19.5. The lowest BCUT2D eigenvalue weighted by atomic mass is 10.1. The molecule has 0 saturated heterocycles. The second-order valence-corrected chi connectivity index (χ2v) is 8.09. The van der Waals surface area contributed by atoms with Gasteiger partial charge in [-0.25, -0.2) is 5.43 Å². The molecule has 0 aliphatic carbocycles. The number of amides is 1. The molecule has 0 radical (unpaired) electrons. The van der Waals surface area contributed by atoms with Gasteiger partial charge in [-0.2, -0.15) is 5.10 Å². The Labute approximate surface area is 201 Å². The van der Waals surface area contributed by atoms with Gasteiger partial charge in [0, 0.05) is 22.0 Å². The minimum atomic E-state index is -0.178. The highest BCUT2D eigenvalue weighted by molar-refractivity contribution is 6.35. The molecule has 32 heavy (non-hydrogen) atoms. The van der Waals surface area contributed by atoms with Gasteiger partial charge in [0.2, 0.25) is 5.91 Å². The van der Waals surface area contributed by atoms with Gasteiger partial charge in [-0.3, -0.25) is 4.79 Å². The third kappa shape index (κ3) is 6.89. The standard InChI is InChI=1S/C24H21Cl3N2O3/c1-31-22-12-17(14-28-29-23(30)10-7-16-5-3-2-4-6-16)11-21(27)24(22)32-15-18-8-9-19(25)13-20(18)26/h2-6,8-9,11-14H,7,10,15H2,1H3,(H,29,30)/b28-14-. The van der Waals surface area contributed by atoms with Crippen LogP contribution in [0.25, 0.3) is 0 Å². The van der Waals surface area contributed by atoms with Crippen molar-refractivity contribution in [2.45, 2.75) is 19.4 Å². The molecule has 3 aromatic carbocycles. The molecule has 0 atom stereocenters. The highest BCUT2D eigenvalue weighted by atomic mass is 35.5. The number of hydrogen-bond donors (Lipinski definition) is 1. The summed E-state index contributed by atoms with van der Waals surface area (Å²) in [6, 6.07) is 18.3. The van der Waals surface area contributed by atoms with Gasteiger partial charge >= 0.3 is 0 Å². The second-order valence-electron chi connectivity index (χ2n) is 6.84. The van der Waals surface area contributed by atoms with Crippen LogP contribution < -0.4 is 14.9 Å². The van der Waals surface area contributed by atoms with E-state index in [4.69, 9.17) is 44.3 Å². The summed E-state index contributed by atoms with van der Waals surface area (Å²) in [6.07, 6.45) is 2.48. The van der Waals surface area contributed by atoms with Crippen LogP contribution in [0.5, 0.6) is 11.5 Å². The number of ether oxygens (including phenoxy) is 2. The monoisotopic (exact) mass is 490 g/mol. The summed E-state index contributed by atoms with van der Waals surface area (Å²) in [4.78, 5) is 12.0. The largest absolute Gasteiger partial charge is 0.493 e. The van der Waals surface area contributed by atoms with Gasteiger partial charge in [0.15, 0.2) is 11.5 Å². The molecule has 3 aromatic rings. The average molecular weight is 492 g/mol. The molecule has 0 fully saturated rings. The minimum Gasteiger partial charge on any atom is -0.493 e. The molecule has 0 heterocycles. The first-order chi connectivity index (χ1) is 15.5. The lowest BCUT2D eigenvalue weighted by molar-refractivity contribution is -0.121. The zero-order valence-electron chi connectivity index (χ0n) is 17.3. The summed E-state index contributed by atoms with van der Waals surface area (Å²) < 4.78 is 11.2. The Bertz CT molecular complexity index is 1110. The number of hydrazone groups is 1. The SMILES string of the molecule is COc1cc(/C=N\NC(=O)CCc2ccccc2)cc(Cl)c1OCc1ccc(Cl)cc1Cl. The number of rotatable bonds is 9. The van der Waals surface area contributed by atoms with Gasteiger partial charge in [-0.1, -0.05) is 71.2 Å². The predicted molar refractivity (Wildman–Crippen MR) is 129 cm³/mol. The maximum absolute atomic E-state index is 12.0. The fourth-order valence-electron chi connectivity index (χ4n) is 2.88. The first-order valence-corrected chi connectivity index (χ1v) is 10.9. The topological polar surface area (TPSA) is 59.9 Å². The van der Waals surface area contributed by atoms with Crippen LogP contribution in [0.1, 0.15) is 23.1 Å². The quantitative estimate of drug-likeness (QED) is 0.281. The molecular formula is C24H21Cl3N2O3. The average Bonchev–Trinajstić information content (AvgIpc) is 2.78. The summed E-state index contributed by atoms with van der Waals surface area (Å²) in [7, 11) is 1.51. The molecule has 0 aliphatic heterocycles. The molecule has 0 unspecified atom stereocenters. The Morgan fingerprint density at radius 3 is 2.53 bits per heavy atom. The van der Waals surface area contributed by atoms with E-state index in [1.54, 1.807) is 30.3 Å². The van der Waals surface area contributed by atoms with Crippen LogP contribution >= 0.6 is 34.8 Å². The highest BCUT2D eigenvalue weighted by Gasteiger charge is 2.13. The van der Waals surface area contributed by atoms with E-state index in [0.29, 0.717) is 45.0 Å². The van der Waals surface area contributed by atoms with Gasteiger partial charge in [-0.15, -0.1) is 0 Å². The van der Waals surface area contributed by atoms with E-state index in [1.807, 2.05) is 30.3 Å². The number of carbonyl (C=O) groups is 1. The molecular weight excluding hydrogens is 471 g/mol. The van der Waals surface area contributed by atoms with Crippen molar-refractivity contribution in [2.24, 2.45) is 5.10 Å². The van der Waals surface area contributed by atoms with Crippen LogP contribution in [0.3, 0.4) is 0 Å². The van der Waals surface area contributed by atoms with Crippen LogP contribution in [0.2, 0.25) is 15.1 Å². The Kier molecular flexibility index (Phi) is 8.80. The third-order valence-corrected chi connectivity index (χ3v) is 5.39. The molecule has 1 N–H and O–H groups in total. The molecule has 166 valence electrons. The van der Waals surface area contributed by atoms with Crippen molar-refractivity contribution < 1.29 is 14.3 Å². The highest BCUT2D eigenvalue weighted by Crippen LogP contribution is 2.37. The first-order valence-electron chi connectivity index (χ1n) is 9.76. The summed E-state index contributed by atoms with van der Waals surface area (Å²) in [5.41, 5.74) is 5.02. The van der Waals surface area contributed by atoms with Gasteiger partial charge < -0.3 is 9.47 Å². The van der Waals surface area contributed by atoms with Crippen molar-refractivity contribution in [3.8, 4) is 11.5 Å². The minimum absolute atomic E-state index is 0.178. The number of aryl methyl sites for hydroxylation is 1. The normalized spacial score (nSPS) is 10.9.